The summed E-state index contributed by atoms with van der Waals surface area (Å²) < 4.78 is 0. The van der Waals surface area contributed by atoms with Crippen molar-refractivity contribution < 1.29 is 0 Å². The molecule has 0 saturated heterocycles. The molecule has 49 heavy (non-hydrogen) atoms. The minimum Gasteiger partial charge on any atom is -0.334 e. The largest absolute Gasteiger partial charge is 0.334 e. The molecule has 0 aromatic heterocycles. The highest BCUT2D eigenvalue weighted by Gasteiger charge is 2.22. The highest BCUT2D eigenvalue weighted by atomic mass is 15.2. The average molecular weight is 626 g/mol. The Morgan fingerprint density at radius 2 is 0.796 bits per heavy atom. The van der Waals surface area contributed by atoms with Crippen LogP contribution in [-0.4, -0.2) is 6.04 Å². The van der Waals surface area contributed by atoms with Crippen molar-refractivity contribution in [2.24, 2.45) is 0 Å². The number of anilines is 2. The van der Waals surface area contributed by atoms with Crippen LogP contribution in [0.4, 0.5) is 11.4 Å². The van der Waals surface area contributed by atoms with Crippen LogP contribution in [0.5, 0.6) is 0 Å². The van der Waals surface area contributed by atoms with Crippen molar-refractivity contribution in [1.29, 1.82) is 0 Å². The lowest BCUT2D eigenvalue weighted by Crippen LogP contribution is -2.30. The normalized spacial score (nSPS) is 14.3. The number of fused-ring (bicyclic) bond motifs is 3. The van der Waals surface area contributed by atoms with Crippen LogP contribution in [-0.2, 0) is 0 Å². The molecule has 8 aromatic carbocycles. The molecule has 9 rings (SSSR count). The summed E-state index contributed by atoms with van der Waals surface area (Å²) in [5, 5.41) is 7.65. The third-order valence-electron chi connectivity index (χ3n) is 10.0. The minimum atomic E-state index is 0.172. The lowest BCUT2D eigenvalue weighted by atomic mass is 9.92. The first-order valence-electron chi connectivity index (χ1n) is 17.1. The molecule has 0 amide bonds. The van der Waals surface area contributed by atoms with Crippen LogP contribution in [0.25, 0.3) is 60.1 Å². The Balaban J connectivity index is 1.09. The molecule has 1 heteroatoms. The van der Waals surface area contributed by atoms with Crippen LogP contribution < -0.4 is 4.90 Å². The van der Waals surface area contributed by atoms with Crippen molar-refractivity contribution in [2.45, 2.75) is 12.5 Å². The highest BCUT2D eigenvalue weighted by Crippen LogP contribution is 2.38. The van der Waals surface area contributed by atoms with Gasteiger partial charge >= 0.3 is 0 Å². The summed E-state index contributed by atoms with van der Waals surface area (Å²) in [7, 11) is 0. The van der Waals surface area contributed by atoms with Gasteiger partial charge < -0.3 is 4.90 Å². The molecule has 0 N–H and O–H groups in total. The van der Waals surface area contributed by atoms with Gasteiger partial charge in [-0.1, -0.05) is 170 Å². The molecule has 1 atom stereocenters. The van der Waals surface area contributed by atoms with Gasteiger partial charge in [-0.2, -0.15) is 0 Å². The Kier molecular flexibility index (Phi) is 7.37. The van der Waals surface area contributed by atoms with Gasteiger partial charge in [0.05, 0.1) is 6.04 Å². The lowest BCUT2D eigenvalue weighted by molar-refractivity contribution is 0.787. The van der Waals surface area contributed by atoms with Crippen LogP contribution in [0.2, 0.25) is 0 Å². The second-order valence-electron chi connectivity index (χ2n) is 12.9. The number of nitrogens with zero attached hydrogens (tertiary/aromatic N) is 1. The van der Waals surface area contributed by atoms with Crippen LogP contribution in [0.1, 0.15) is 12.0 Å². The topological polar surface area (TPSA) is 3.24 Å². The zero-order valence-electron chi connectivity index (χ0n) is 27.2. The molecule has 0 aliphatic heterocycles. The zero-order valence-corrected chi connectivity index (χ0v) is 27.2. The van der Waals surface area contributed by atoms with Crippen LogP contribution in [0.3, 0.4) is 0 Å². The third kappa shape index (κ3) is 5.40. The Morgan fingerprint density at radius 1 is 0.388 bits per heavy atom. The van der Waals surface area contributed by atoms with Crippen molar-refractivity contribution in [2.75, 3.05) is 4.90 Å². The molecule has 0 saturated carbocycles. The van der Waals surface area contributed by atoms with E-state index >= 15 is 0 Å². The first kappa shape index (κ1) is 29.0. The zero-order chi connectivity index (χ0) is 32.6. The second-order valence-corrected chi connectivity index (χ2v) is 12.9. The molecule has 0 heterocycles. The Hall–Kier alpha value is -6.18. The van der Waals surface area contributed by atoms with Crippen molar-refractivity contribution in [3.05, 3.63) is 200 Å². The summed E-state index contributed by atoms with van der Waals surface area (Å²) in [6.07, 6.45) is 8.02. The van der Waals surface area contributed by atoms with Crippen LogP contribution in [0.15, 0.2) is 194 Å². The molecule has 8 aromatic rings. The van der Waals surface area contributed by atoms with Gasteiger partial charge in [0.1, 0.15) is 0 Å². The molecule has 1 unspecified atom stereocenters. The summed E-state index contributed by atoms with van der Waals surface area (Å²) >= 11 is 0. The van der Waals surface area contributed by atoms with Crippen molar-refractivity contribution >= 4 is 49.3 Å². The SMILES string of the molecule is C1=CC(N(c2ccc(-c3cccc4ccccc34)cc2)c2ccc(-c3cccc4ccccc34)cc2)CC=C1c1cccc2ccccc12. The molecular weight excluding hydrogens is 591 g/mol. The van der Waals surface area contributed by atoms with Crippen LogP contribution >= 0.6 is 0 Å². The summed E-state index contributed by atoms with van der Waals surface area (Å²) in [5.74, 6) is 0. The van der Waals surface area contributed by atoms with Gasteiger partial charge in [0, 0.05) is 11.4 Å². The molecule has 1 aliphatic carbocycles. The van der Waals surface area contributed by atoms with Gasteiger partial charge in [-0.15, -0.1) is 0 Å². The maximum Gasteiger partial charge on any atom is 0.0560 e. The molecular formula is C48H35N. The van der Waals surface area contributed by atoms with Gasteiger partial charge in [-0.05, 0) is 96.4 Å². The number of rotatable bonds is 6. The Bertz CT molecular complexity index is 2380. The fourth-order valence-electron chi connectivity index (χ4n) is 7.57. The molecule has 232 valence electrons. The van der Waals surface area contributed by atoms with E-state index in [9.17, 15) is 0 Å². The molecule has 0 radical (unpaired) electrons. The maximum atomic E-state index is 2.49. The smallest absolute Gasteiger partial charge is 0.0560 e. The quantitative estimate of drug-likeness (QED) is 0.178. The predicted octanol–water partition coefficient (Wildman–Crippen LogP) is 13.0. The second kappa shape index (κ2) is 12.4. The minimum absolute atomic E-state index is 0.172. The fraction of sp³-hybridized carbons (Fsp3) is 0.0417. The van der Waals surface area contributed by atoms with Crippen molar-refractivity contribution in [1.82, 2.24) is 0 Å². The van der Waals surface area contributed by atoms with E-state index in [0.717, 1.165) is 6.42 Å². The highest BCUT2D eigenvalue weighted by molar-refractivity contribution is 5.99. The van der Waals surface area contributed by atoms with E-state index in [1.165, 1.54) is 77.1 Å². The summed E-state index contributed by atoms with van der Waals surface area (Å²) in [6, 6.07) is 64.1. The van der Waals surface area contributed by atoms with Crippen molar-refractivity contribution in [3.63, 3.8) is 0 Å². The van der Waals surface area contributed by atoms with E-state index in [-0.39, 0.29) is 6.04 Å². The average Bonchev–Trinajstić information content (AvgIpc) is 3.18. The monoisotopic (exact) mass is 625 g/mol. The van der Waals surface area contributed by atoms with E-state index in [0.29, 0.717) is 0 Å². The molecule has 1 nitrogen and oxygen atoms in total. The Labute approximate surface area is 287 Å². The van der Waals surface area contributed by atoms with E-state index in [2.05, 4.69) is 199 Å². The molecule has 0 bridgehead atoms. The third-order valence-corrected chi connectivity index (χ3v) is 10.0. The Morgan fingerprint density at radius 3 is 1.24 bits per heavy atom. The number of benzene rings is 8. The van der Waals surface area contributed by atoms with Gasteiger partial charge in [0.15, 0.2) is 0 Å². The summed E-state index contributed by atoms with van der Waals surface area (Å²) in [5.41, 5.74) is 9.90. The van der Waals surface area contributed by atoms with Gasteiger partial charge in [0.25, 0.3) is 0 Å². The van der Waals surface area contributed by atoms with Gasteiger partial charge in [-0.25, -0.2) is 0 Å². The predicted molar refractivity (Wildman–Crippen MR) is 210 cm³/mol. The van der Waals surface area contributed by atoms with Gasteiger partial charge in [0.2, 0.25) is 0 Å². The molecule has 0 spiro atoms. The molecule has 0 fully saturated rings. The first-order chi connectivity index (χ1) is 24.3. The van der Waals surface area contributed by atoms with Crippen LogP contribution in [0, 0.1) is 0 Å². The number of allylic oxidation sites excluding steroid dienone is 2. The van der Waals surface area contributed by atoms with E-state index < -0.39 is 0 Å². The number of hydrogen-bond acceptors (Lipinski definition) is 1. The lowest BCUT2D eigenvalue weighted by Gasteiger charge is -2.33. The maximum absolute atomic E-state index is 2.49. The van der Waals surface area contributed by atoms with Crippen molar-refractivity contribution in [3.8, 4) is 22.3 Å². The van der Waals surface area contributed by atoms with E-state index in [1.807, 2.05) is 0 Å². The fourth-order valence-corrected chi connectivity index (χ4v) is 7.57. The standard InChI is InChI=1S/C48H35N/c1-4-16-43-34(10-1)13-7-19-46(43)37-22-28-40(29-23-37)49(41-30-24-38(25-31-41)47-20-8-14-35-11-2-5-17-44(35)47)42-32-26-39(27-33-42)48-21-9-15-36-12-3-6-18-45(36)48/h1-32,42H,33H2. The number of hydrogen-bond donors (Lipinski definition) is 0. The summed E-state index contributed by atoms with van der Waals surface area (Å²) in [6.45, 7) is 0. The molecule has 1 aliphatic rings. The van der Waals surface area contributed by atoms with E-state index in [1.54, 1.807) is 0 Å². The summed E-state index contributed by atoms with van der Waals surface area (Å²) in [4.78, 5) is 2.49. The van der Waals surface area contributed by atoms with Gasteiger partial charge in [-0.3, -0.25) is 0 Å². The van der Waals surface area contributed by atoms with E-state index in [4.69, 9.17) is 0 Å². The first-order valence-corrected chi connectivity index (χ1v) is 17.1.